The molecule has 5 heteroatoms. The summed E-state index contributed by atoms with van der Waals surface area (Å²) in [6.07, 6.45) is 3.79. The summed E-state index contributed by atoms with van der Waals surface area (Å²) in [7, 11) is 3.84. The molecular formula is C10H20N4O. The lowest BCUT2D eigenvalue weighted by Gasteiger charge is -2.28. The second kappa shape index (κ2) is 5.25. The van der Waals surface area contributed by atoms with E-state index in [9.17, 15) is 5.11 Å². The van der Waals surface area contributed by atoms with Gasteiger partial charge in [0, 0.05) is 37.4 Å². The highest BCUT2D eigenvalue weighted by atomic mass is 16.3. The van der Waals surface area contributed by atoms with Crippen LogP contribution in [0.3, 0.4) is 0 Å². The number of aryl methyl sites for hydroxylation is 1. The van der Waals surface area contributed by atoms with E-state index in [0.717, 1.165) is 12.1 Å². The molecule has 2 atom stereocenters. The van der Waals surface area contributed by atoms with Gasteiger partial charge in [0.25, 0.3) is 0 Å². The Morgan fingerprint density at radius 1 is 1.67 bits per heavy atom. The fourth-order valence-electron chi connectivity index (χ4n) is 1.67. The van der Waals surface area contributed by atoms with E-state index in [4.69, 9.17) is 5.73 Å². The molecule has 1 heterocycles. The van der Waals surface area contributed by atoms with Gasteiger partial charge < -0.3 is 10.8 Å². The van der Waals surface area contributed by atoms with Crippen molar-refractivity contribution in [1.82, 2.24) is 14.7 Å². The van der Waals surface area contributed by atoms with Crippen molar-refractivity contribution < 1.29 is 5.11 Å². The zero-order valence-corrected chi connectivity index (χ0v) is 9.59. The van der Waals surface area contributed by atoms with Gasteiger partial charge in [-0.15, -0.1) is 0 Å². The summed E-state index contributed by atoms with van der Waals surface area (Å²) in [5.74, 6) is 0. The van der Waals surface area contributed by atoms with Crippen LogP contribution in [0, 0.1) is 0 Å². The van der Waals surface area contributed by atoms with Crippen LogP contribution in [0.5, 0.6) is 0 Å². The van der Waals surface area contributed by atoms with Crippen molar-refractivity contribution in [3.63, 3.8) is 0 Å². The third kappa shape index (κ3) is 3.30. The monoisotopic (exact) mass is 212 g/mol. The normalized spacial score (nSPS) is 15.6. The largest absolute Gasteiger partial charge is 0.395 e. The Balaban J connectivity index is 2.57. The molecule has 0 saturated carbocycles. The lowest BCUT2D eigenvalue weighted by molar-refractivity contribution is 0.125. The number of aliphatic hydroxyl groups is 1. The fraction of sp³-hybridized carbons (Fsp3) is 0.700. The van der Waals surface area contributed by atoms with Gasteiger partial charge in [-0.2, -0.15) is 5.10 Å². The summed E-state index contributed by atoms with van der Waals surface area (Å²) in [6.45, 7) is 2.73. The summed E-state index contributed by atoms with van der Waals surface area (Å²) in [4.78, 5) is 2.04. The first-order valence-electron chi connectivity index (χ1n) is 5.08. The molecule has 0 aromatic carbocycles. The number of likely N-dealkylation sites (N-methyl/N-ethyl adjacent to an activating group) is 1. The minimum Gasteiger partial charge on any atom is -0.395 e. The Morgan fingerprint density at radius 3 is 2.73 bits per heavy atom. The van der Waals surface area contributed by atoms with Crippen LogP contribution in [-0.2, 0) is 13.6 Å². The molecule has 0 amide bonds. The Hall–Kier alpha value is -0.910. The minimum absolute atomic E-state index is 0.00907. The van der Waals surface area contributed by atoms with E-state index in [1.54, 1.807) is 4.68 Å². The van der Waals surface area contributed by atoms with Crippen LogP contribution in [0.4, 0.5) is 0 Å². The van der Waals surface area contributed by atoms with E-state index < -0.39 is 0 Å². The first-order chi connectivity index (χ1) is 7.04. The molecular weight excluding hydrogens is 192 g/mol. The van der Waals surface area contributed by atoms with Gasteiger partial charge in [-0.05, 0) is 14.0 Å². The molecule has 0 radical (unpaired) electrons. The van der Waals surface area contributed by atoms with Crippen LogP contribution < -0.4 is 5.73 Å². The average molecular weight is 212 g/mol. The highest BCUT2D eigenvalue weighted by Crippen LogP contribution is 2.06. The summed E-state index contributed by atoms with van der Waals surface area (Å²) >= 11 is 0. The Labute approximate surface area is 90.5 Å². The Morgan fingerprint density at radius 2 is 2.33 bits per heavy atom. The molecule has 15 heavy (non-hydrogen) atoms. The van der Waals surface area contributed by atoms with Gasteiger partial charge >= 0.3 is 0 Å². The van der Waals surface area contributed by atoms with Crippen LogP contribution in [0.2, 0.25) is 0 Å². The van der Waals surface area contributed by atoms with Crippen molar-refractivity contribution in [2.45, 2.75) is 25.6 Å². The highest BCUT2D eigenvalue weighted by molar-refractivity contribution is 5.03. The molecule has 0 aliphatic rings. The molecule has 0 fully saturated rings. The molecule has 1 aromatic rings. The Kier molecular flexibility index (Phi) is 4.26. The van der Waals surface area contributed by atoms with Gasteiger partial charge in [0.05, 0.1) is 12.8 Å². The molecule has 5 nitrogen and oxygen atoms in total. The number of nitrogens with two attached hydrogens (primary N) is 1. The molecule has 3 N–H and O–H groups in total. The van der Waals surface area contributed by atoms with Gasteiger partial charge in [0.2, 0.25) is 0 Å². The summed E-state index contributed by atoms with van der Waals surface area (Å²) < 4.78 is 1.77. The number of aromatic nitrogens is 2. The van der Waals surface area contributed by atoms with Crippen LogP contribution in [0.25, 0.3) is 0 Å². The maximum atomic E-state index is 9.21. The van der Waals surface area contributed by atoms with Crippen molar-refractivity contribution in [2.75, 3.05) is 13.7 Å². The maximum absolute atomic E-state index is 9.21. The van der Waals surface area contributed by atoms with E-state index >= 15 is 0 Å². The predicted octanol–water partition coefficient (Wildman–Crippen LogP) is -0.440. The second-order valence-electron chi connectivity index (χ2n) is 4.05. The van der Waals surface area contributed by atoms with Crippen molar-refractivity contribution in [3.8, 4) is 0 Å². The average Bonchev–Trinajstić information content (AvgIpc) is 2.51. The van der Waals surface area contributed by atoms with Crippen molar-refractivity contribution >= 4 is 0 Å². The van der Waals surface area contributed by atoms with Gasteiger partial charge in [0.15, 0.2) is 0 Å². The van der Waals surface area contributed by atoms with Gasteiger partial charge in [-0.3, -0.25) is 9.58 Å². The van der Waals surface area contributed by atoms with E-state index in [2.05, 4.69) is 5.10 Å². The zero-order chi connectivity index (χ0) is 11.4. The fourth-order valence-corrected chi connectivity index (χ4v) is 1.67. The molecule has 0 aliphatic heterocycles. The molecule has 0 spiro atoms. The first kappa shape index (κ1) is 12.2. The van der Waals surface area contributed by atoms with E-state index in [-0.39, 0.29) is 18.7 Å². The lowest BCUT2D eigenvalue weighted by atomic mass is 10.1. The van der Waals surface area contributed by atoms with Gasteiger partial charge in [0.1, 0.15) is 0 Å². The predicted molar refractivity (Wildman–Crippen MR) is 59.2 cm³/mol. The quantitative estimate of drug-likeness (QED) is 0.694. The summed E-state index contributed by atoms with van der Waals surface area (Å²) in [5.41, 5.74) is 6.91. The number of hydrogen-bond donors (Lipinski definition) is 2. The third-order valence-corrected chi connectivity index (χ3v) is 2.55. The third-order valence-electron chi connectivity index (χ3n) is 2.55. The molecule has 0 aliphatic carbocycles. The number of nitrogens with zero attached hydrogens (tertiary/aromatic N) is 3. The standard InChI is InChI=1S/C10H20N4O/c1-8(11)10(7-15)13(2)5-9-4-12-14(3)6-9/h4,6,8,10,15H,5,7,11H2,1-3H3. The van der Waals surface area contributed by atoms with Crippen LogP contribution in [0.15, 0.2) is 12.4 Å². The summed E-state index contributed by atoms with van der Waals surface area (Å²) in [5, 5.41) is 13.3. The lowest BCUT2D eigenvalue weighted by Crippen LogP contribution is -2.46. The number of aliphatic hydroxyl groups excluding tert-OH is 1. The number of rotatable bonds is 5. The van der Waals surface area contributed by atoms with Gasteiger partial charge in [-0.25, -0.2) is 0 Å². The molecule has 0 saturated heterocycles. The van der Waals surface area contributed by atoms with Crippen LogP contribution >= 0.6 is 0 Å². The molecule has 1 aromatic heterocycles. The Bertz CT molecular complexity index is 297. The minimum atomic E-state index is -0.0447. The maximum Gasteiger partial charge on any atom is 0.0601 e. The van der Waals surface area contributed by atoms with Crippen LogP contribution in [-0.4, -0.2) is 45.5 Å². The highest BCUT2D eigenvalue weighted by Gasteiger charge is 2.18. The van der Waals surface area contributed by atoms with Crippen molar-refractivity contribution in [1.29, 1.82) is 0 Å². The molecule has 86 valence electrons. The zero-order valence-electron chi connectivity index (χ0n) is 9.59. The molecule has 2 unspecified atom stereocenters. The second-order valence-corrected chi connectivity index (χ2v) is 4.05. The molecule has 0 bridgehead atoms. The van der Waals surface area contributed by atoms with E-state index in [1.807, 2.05) is 38.3 Å². The van der Waals surface area contributed by atoms with Crippen LogP contribution in [0.1, 0.15) is 12.5 Å². The van der Waals surface area contributed by atoms with Gasteiger partial charge in [-0.1, -0.05) is 0 Å². The SMILES string of the molecule is CC(N)C(CO)N(C)Cc1cnn(C)c1. The smallest absolute Gasteiger partial charge is 0.0601 e. The van der Waals surface area contributed by atoms with E-state index in [1.165, 1.54) is 0 Å². The summed E-state index contributed by atoms with van der Waals surface area (Å²) in [6, 6.07) is -0.0538. The van der Waals surface area contributed by atoms with E-state index in [0.29, 0.717) is 0 Å². The number of hydrogen-bond acceptors (Lipinski definition) is 4. The first-order valence-corrected chi connectivity index (χ1v) is 5.08. The van der Waals surface area contributed by atoms with Crippen molar-refractivity contribution in [2.24, 2.45) is 12.8 Å². The molecule has 1 rings (SSSR count). The topological polar surface area (TPSA) is 67.3 Å². The van der Waals surface area contributed by atoms with Crippen molar-refractivity contribution in [3.05, 3.63) is 18.0 Å².